The van der Waals surface area contributed by atoms with Crippen molar-refractivity contribution in [3.8, 4) is 28.4 Å². The van der Waals surface area contributed by atoms with E-state index >= 15 is 0 Å². The van der Waals surface area contributed by atoms with Crippen LogP contribution in [0.2, 0.25) is 5.02 Å². The molecule has 0 radical (unpaired) electrons. The molecule has 136 valence electrons. The number of nitrogens with zero attached hydrogens (tertiary/aromatic N) is 3. The minimum Gasteiger partial charge on any atom is -0.496 e. The second-order valence-electron chi connectivity index (χ2n) is 5.64. The lowest BCUT2D eigenvalue weighted by Crippen LogP contribution is -1.89. The van der Waals surface area contributed by atoms with E-state index in [2.05, 4.69) is 20.3 Å². The first kappa shape index (κ1) is 17.6. The van der Waals surface area contributed by atoms with Crippen molar-refractivity contribution >= 4 is 23.4 Å². The molecule has 0 unspecified atom stereocenters. The van der Waals surface area contributed by atoms with E-state index in [0.29, 0.717) is 27.5 Å². The standard InChI is InChI=1S/C19H15ClN4O2S/c1-25-17-8-7-13(20)9-15(17)18-21-19(23-22-18)27-11-14-10-16(24-26-14)12-5-3-2-4-6-12/h2-10H,11H2,1H3,(H,21,22,23). The molecular weight excluding hydrogens is 384 g/mol. The molecule has 0 saturated carbocycles. The Labute approximate surface area is 164 Å². The van der Waals surface area contributed by atoms with E-state index in [0.717, 1.165) is 22.6 Å². The van der Waals surface area contributed by atoms with Crippen LogP contribution in [-0.2, 0) is 5.75 Å². The van der Waals surface area contributed by atoms with Crippen LogP contribution in [0.3, 0.4) is 0 Å². The van der Waals surface area contributed by atoms with Crippen molar-refractivity contribution in [1.82, 2.24) is 20.3 Å². The number of rotatable bonds is 6. The normalized spacial score (nSPS) is 10.9. The van der Waals surface area contributed by atoms with Crippen LogP contribution < -0.4 is 4.74 Å². The Balaban J connectivity index is 1.46. The molecule has 4 rings (SSSR count). The highest BCUT2D eigenvalue weighted by atomic mass is 35.5. The number of H-pyrrole nitrogens is 1. The average Bonchev–Trinajstić information content (AvgIpc) is 3.37. The highest BCUT2D eigenvalue weighted by Crippen LogP contribution is 2.31. The van der Waals surface area contributed by atoms with Gasteiger partial charge in [-0.3, -0.25) is 5.10 Å². The lowest BCUT2D eigenvalue weighted by atomic mass is 10.1. The van der Waals surface area contributed by atoms with Crippen molar-refractivity contribution in [2.75, 3.05) is 7.11 Å². The zero-order chi connectivity index (χ0) is 18.6. The summed E-state index contributed by atoms with van der Waals surface area (Å²) in [6.45, 7) is 0. The number of methoxy groups -OCH3 is 1. The van der Waals surface area contributed by atoms with Crippen molar-refractivity contribution in [3.63, 3.8) is 0 Å². The Morgan fingerprint density at radius 2 is 2.00 bits per heavy atom. The fourth-order valence-corrected chi connectivity index (χ4v) is 3.40. The van der Waals surface area contributed by atoms with Crippen LogP contribution in [0.4, 0.5) is 0 Å². The molecule has 27 heavy (non-hydrogen) atoms. The largest absolute Gasteiger partial charge is 0.496 e. The van der Waals surface area contributed by atoms with Crippen LogP contribution >= 0.6 is 23.4 Å². The lowest BCUT2D eigenvalue weighted by Gasteiger charge is -2.05. The Kier molecular flexibility index (Phi) is 5.13. The summed E-state index contributed by atoms with van der Waals surface area (Å²) in [5, 5.41) is 12.5. The molecule has 0 bridgehead atoms. The monoisotopic (exact) mass is 398 g/mol. The van der Waals surface area contributed by atoms with E-state index in [1.54, 1.807) is 25.3 Å². The first-order valence-corrected chi connectivity index (χ1v) is 9.49. The molecule has 0 amide bonds. The van der Waals surface area contributed by atoms with Crippen molar-refractivity contribution < 1.29 is 9.26 Å². The average molecular weight is 399 g/mol. The molecule has 0 fully saturated rings. The maximum Gasteiger partial charge on any atom is 0.209 e. The van der Waals surface area contributed by atoms with Gasteiger partial charge >= 0.3 is 0 Å². The topological polar surface area (TPSA) is 76.8 Å². The Morgan fingerprint density at radius 3 is 2.81 bits per heavy atom. The number of nitrogens with one attached hydrogen (secondary N) is 1. The van der Waals surface area contributed by atoms with Crippen LogP contribution in [0, 0.1) is 0 Å². The highest BCUT2D eigenvalue weighted by Gasteiger charge is 2.13. The summed E-state index contributed by atoms with van der Waals surface area (Å²) in [7, 11) is 1.60. The highest BCUT2D eigenvalue weighted by molar-refractivity contribution is 7.98. The number of thioether (sulfide) groups is 1. The summed E-state index contributed by atoms with van der Waals surface area (Å²) >= 11 is 7.54. The molecule has 1 N–H and O–H groups in total. The van der Waals surface area contributed by atoms with Gasteiger partial charge < -0.3 is 9.26 Å². The van der Waals surface area contributed by atoms with Crippen molar-refractivity contribution in [1.29, 1.82) is 0 Å². The van der Waals surface area contributed by atoms with Crippen LogP contribution in [-0.4, -0.2) is 27.4 Å². The molecule has 8 heteroatoms. The van der Waals surface area contributed by atoms with E-state index in [1.165, 1.54) is 11.8 Å². The second kappa shape index (κ2) is 7.85. The number of ether oxygens (including phenoxy) is 1. The van der Waals surface area contributed by atoms with Gasteiger partial charge in [0.25, 0.3) is 0 Å². The van der Waals surface area contributed by atoms with Gasteiger partial charge in [-0.1, -0.05) is 58.9 Å². The van der Waals surface area contributed by atoms with E-state index in [1.807, 2.05) is 36.4 Å². The molecule has 2 aromatic carbocycles. The lowest BCUT2D eigenvalue weighted by molar-refractivity contribution is 0.397. The maximum atomic E-state index is 6.08. The van der Waals surface area contributed by atoms with Crippen LogP contribution in [0.25, 0.3) is 22.6 Å². The predicted molar refractivity (Wildman–Crippen MR) is 105 cm³/mol. The first-order valence-electron chi connectivity index (χ1n) is 8.13. The van der Waals surface area contributed by atoms with Gasteiger partial charge in [-0.15, -0.1) is 5.10 Å². The van der Waals surface area contributed by atoms with Crippen molar-refractivity contribution in [2.45, 2.75) is 10.9 Å². The third-order valence-electron chi connectivity index (χ3n) is 3.85. The van der Waals surface area contributed by atoms with Gasteiger partial charge in [0.2, 0.25) is 5.16 Å². The number of benzene rings is 2. The minimum atomic E-state index is 0.573. The third kappa shape index (κ3) is 3.99. The van der Waals surface area contributed by atoms with E-state index < -0.39 is 0 Å². The van der Waals surface area contributed by atoms with Crippen LogP contribution in [0.5, 0.6) is 5.75 Å². The number of halogens is 1. The van der Waals surface area contributed by atoms with Gasteiger partial charge in [-0.05, 0) is 18.2 Å². The molecular formula is C19H15ClN4O2S. The van der Waals surface area contributed by atoms with Crippen LogP contribution in [0.1, 0.15) is 5.76 Å². The molecule has 6 nitrogen and oxygen atoms in total. The Morgan fingerprint density at radius 1 is 1.15 bits per heavy atom. The number of hydrogen-bond acceptors (Lipinski definition) is 6. The summed E-state index contributed by atoms with van der Waals surface area (Å²) in [5.41, 5.74) is 2.59. The quantitative estimate of drug-likeness (QED) is 0.456. The summed E-state index contributed by atoms with van der Waals surface area (Å²) in [6, 6.07) is 17.2. The summed E-state index contributed by atoms with van der Waals surface area (Å²) in [6.07, 6.45) is 0. The Bertz CT molecular complexity index is 1050. The fourth-order valence-electron chi connectivity index (χ4n) is 2.56. The van der Waals surface area contributed by atoms with Gasteiger partial charge in [-0.25, -0.2) is 4.98 Å². The zero-order valence-corrected chi connectivity index (χ0v) is 15.9. The SMILES string of the molecule is COc1ccc(Cl)cc1-c1nc(SCc2cc(-c3ccccc3)no2)n[nH]1. The summed E-state index contributed by atoms with van der Waals surface area (Å²) in [4.78, 5) is 4.51. The Hall–Kier alpha value is -2.77. The fraction of sp³-hybridized carbons (Fsp3) is 0.105. The molecule has 0 saturated heterocycles. The number of aromatic nitrogens is 4. The smallest absolute Gasteiger partial charge is 0.209 e. The molecule has 4 aromatic rings. The molecule has 2 aromatic heterocycles. The van der Waals surface area contributed by atoms with Gasteiger partial charge in [0.15, 0.2) is 5.82 Å². The van der Waals surface area contributed by atoms with Crippen LogP contribution in [0.15, 0.2) is 64.3 Å². The second-order valence-corrected chi connectivity index (χ2v) is 7.02. The molecule has 0 aliphatic rings. The van der Waals surface area contributed by atoms with Gasteiger partial charge in [-0.2, -0.15) is 0 Å². The molecule has 2 heterocycles. The minimum absolute atomic E-state index is 0.573. The first-order chi connectivity index (χ1) is 13.2. The zero-order valence-electron chi connectivity index (χ0n) is 14.3. The third-order valence-corrected chi connectivity index (χ3v) is 4.96. The summed E-state index contributed by atoms with van der Waals surface area (Å²) in [5.74, 6) is 2.60. The maximum absolute atomic E-state index is 6.08. The van der Waals surface area contributed by atoms with Crippen molar-refractivity contribution in [2.24, 2.45) is 0 Å². The predicted octanol–water partition coefficient (Wildman–Crippen LogP) is 5.08. The number of hydrogen-bond donors (Lipinski definition) is 1. The number of aromatic amines is 1. The van der Waals surface area contributed by atoms with E-state index in [-0.39, 0.29) is 0 Å². The van der Waals surface area contributed by atoms with E-state index in [4.69, 9.17) is 20.9 Å². The summed E-state index contributed by atoms with van der Waals surface area (Å²) < 4.78 is 10.8. The van der Waals surface area contributed by atoms with Gasteiger partial charge in [0.05, 0.1) is 18.4 Å². The van der Waals surface area contributed by atoms with E-state index in [9.17, 15) is 0 Å². The van der Waals surface area contributed by atoms with Gasteiger partial charge in [0.1, 0.15) is 17.2 Å². The molecule has 0 aliphatic carbocycles. The molecule has 0 aliphatic heterocycles. The molecule has 0 atom stereocenters. The van der Waals surface area contributed by atoms with Gasteiger partial charge in [0, 0.05) is 16.7 Å². The van der Waals surface area contributed by atoms with Crippen molar-refractivity contribution in [3.05, 3.63) is 65.4 Å². The molecule has 0 spiro atoms.